The quantitative estimate of drug-likeness (QED) is 0.338. The highest BCUT2D eigenvalue weighted by atomic mass is 19.1. The summed E-state index contributed by atoms with van der Waals surface area (Å²) in [5.41, 5.74) is 9.79. The molecular formula is C27H28FN3O4. The van der Waals surface area contributed by atoms with E-state index >= 15 is 4.39 Å². The zero-order valence-electron chi connectivity index (χ0n) is 19.7. The predicted molar refractivity (Wildman–Crippen MR) is 129 cm³/mol. The van der Waals surface area contributed by atoms with Crippen molar-refractivity contribution in [1.82, 2.24) is 9.55 Å². The van der Waals surface area contributed by atoms with Crippen LogP contribution < -0.4 is 11.3 Å². The number of nitrogens with zero attached hydrogens (tertiary/aromatic N) is 2. The molecule has 8 heteroatoms. The average Bonchev–Trinajstić information content (AvgIpc) is 3.23. The zero-order chi connectivity index (χ0) is 24.5. The molecule has 0 amide bonds. The lowest BCUT2D eigenvalue weighted by molar-refractivity contribution is -0.172. The molecule has 7 nitrogen and oxygen atoms in total. The van der Waals surface area contributed by atoms with Gasteiger partial charge in [0.1, 0.15) is 12.4 Å². The van der Waals surface area contributed by atoms with Crippen molar-refractivity contribution < 1.29 is 19.0 Å². The van der Waals surface area contributed by atoms with Gasteiger partial charge < -0.3 is 20.1 Å². The topological polar surface area (TPSA) is 107 Å². The predicted octanol–water partition coefficient (Wildman–Crippen LogP) is 2.99. The van der Waals surface area contributed by atoms with Gasteiger partial charge in [0.15, 0.2) is 5.60 Å². The van der Waals surface area contributed by atoms with Crippen molar-refractivity contribution in [2.75, 3.05) is 6.54 Å². The molecule has 0 unspecified atom stereocenters. The van der Waals surface area contributed by atoms with Crippen molar-refractivity contribution in [2.45, 2.75) is 70.6 Å². The third kappa shape index (κ3) is 3.06. The van der Waals surface area contributed by atoms with Gasteiger partial charge in [-0.15, -0.1) is 0 Å². The molecule has 0 saturated carbocycles. The summed E-state index contributed by atoms with van der Waals surface area (Å²) in [7, 11) is 0. The van der Waals surface area contributed by atoms with E-state index in [2.05, 4.69) is 0 Å². The molecule has 3 N–H and O–H groups in total. The number of hydrogen-bond donors (Lipinski definition) is 2. The summed E-state index contributed by atoms with van der Waals surface area (Å²) in [4.78, 5) is 30.7. The Morgan fingerprint density at radius 1 is 1.17 bits per heavy atom. The second-order valence-electron chi connectivity index (χ2n) is 9.83. The fourth-order valence-corrected chi connectivity index (χ4v) is 6.14. The van der Waals surface area contributed by atoms with Crippen LogP contribution in [0.1, 0.15) is 66.0 Å². The van der Waals surface area contributed by atoms with Crippen molar-refractivity contribution in [2.24, 2.45) is 5.73 Å². The number of unbranched alkanes of at least 4 members (excludes halogenated alkanes) is 1. The number of carbonyl (C=O) groups excluding carboxylic acids is 1. The van der Waals surface area contributed by atoms with Crippen LogP contribution in [-0.4, -0.2) is 27.2 Å². The molecule has 1 atom stereocenters. The molecule has 6 rings (SSSR count). The Morgan fingerprint density at radius 3 is 2.74 bits per heavy atom. The first-order valence-corrected chi connectivity index (χ1v) is 12.4. The summed E-state index contributed by atoms with van der Waals surface area (Å²) < 4.78 is 22.1. The number of hydrogen-bond acceptors (Lipinski definition) is 6. The molecule has 0 bridgehead atoms. The van der Waals surface area contributed by atoms with Crippen LogP contribution in [0.15, 0.2) is 16.9 Å². The van der Waals surface area contributed by atoms with Crippen LogP contribution >= 0.6 is 0 Å². The van der Waals surface area contributed by atoms with Crippen molar-refractivity contribution in [3.8, 4) is 11.4 Å². The molecule has 0 saturated heterocycles. The van der Waals surface area contributed by atoms with Crippen molar-refractivity contribution in [3.05, 3.63) is 61.7 Å². The first kappa shape index (κ1) is 22.4. The number of carbonyl (C=O) groups is 1. The Hall–Kier alpha value is -3.10. The van der Waals surface area contributed by atoms with Crippen LogP contribution in [0.5, 0.6) is 0 Å². The minimum atomic E-state index is -1.87. The van der Waals surface area contributed by atoms with Gasteiger partial charge in [-0.2, -0.15) is 0 Å². The third-order valence-corrected chi connectivity index (χ3v) is 7.99. The first-order valence-electron chi connectivity index (χ1n) is 12.4. The standard InChI is InChI=1S/C27H28FN3O4/c1-2-27(34)19-10-22-24-17(12-31(22)25(32)18(19)13-35-26(27)33)16-8-5-7-15-14(6-3-4-9-29)20(28)11-21(30-24)23(15)16/h10-11,34H,2-9,12-13,29H2,1H3/t27-/m0/s1. The lowest BCUT2D eigenvalue weighted by atomic mass is 9.83. The molecule has 2 aliphatic heterocycles. The highest BCUT2D eigenvalue weighted by Crippen LogP contribution is 2.43. The third-order valence-electron chi connectivity index (χ3n) is 7.99. The van der Waals surface area contributed by atoms with Crippen LogP contribution in [0, 0.1) is 5.82 Å². The number of halogens is 1. The Kier molecular flexibility index (Phi) is 5.09. The minimum absolute atomic E-state index is 0.0898. The Morgan fingerprint density at radius 2 is 1.97 bits per heavy atom. The van der Waals surface area contributed by atoms with E-state index in [0.717, 1.165) is 59.7 Å². The van der Waals surface area contributed by atoms with E-state index in [1.807, 2.05) is 0 Å². The molecule has 1 aliphatic carbocycles. The van der Waals surface area contributed by atoms with Crippen LogP contribution in [-0.2, 0) is 47.5 Å². The van der Waals surface area contributed by atoms with Crippen LogP contribution in [0.4, 0.5) is 4.39 Å². The van der Waals surface area contributed by atoms with E-state index < -0.39 is 11.6 Å². The lowest BCUT2D eigenvalue weighted by Crippen LogP contribution is -2.44. The Balaban J connectivity index is 1.58. The Labute approximate surface area is 201 Å². The highest BCUT2D eigenvalue weighted by Gasteiger charge is 2.45. The van der Waals surface area contributed by atoms with E-state index in [9.17, 15) is 14.7 Å². The highest BCUT2D eigenvalue weighted by molar-refractivity contribution is 5.92. The Bertz CT molecular complexity index is 1480. The van der Waals surface area contributed by atoms with Crippen molar-refractivity contribution in [3.63, 3.8) is 0 Å². The summed E-state index contributed by atoms with van der Waals surface area (Å²) >= 11 is 0. The molecule has 0 spiro atoms. The number of benzene rings is 1. The number of aryl methyl sites for hydroxylation is 2. The maximum absolute atomic E-state index is 15.3. The number of nitrogens with two attached hydrogens (primary N) is 1. The summed E-state index contributed by atoms with van der Waals surface area (Å²) in [6, 6.07) is 3.23. The molecule has 35 heavy (non-hydrogen) atoms. The van der Waals surface area contributed by atoms with Crippen LogP contribution in [0.3, 0.4) is 0 Å². The maximum atomic E-state index is 15.3. The molecule has 3 aromatic rings. The number of pyridine rings is 2. The summed E-state index contributed by atoms with van der Waals surface area (Å²) in [6.07, 6.45) is 4.99. The number of aliphatic hydroxyl groups is 1. The van der Waals surface area contributed by atoms with Gasteiger partial charge in [-0.3, -0.25) is 4.79 Å². The van der Waals surface area contributed by atoms with Gasteiger partial charge in [0, 0.05) is 22.6 Å². The van der Waals surface area contributed by atoms with Gasteiger partial charge in [0.25, 0.3) is 5.56 Å². The van der Waals surface area contributed by atoms with Gasteiger partial charge in [-0.1, -0.05) is 6.92 Å². The van der Waals surface area contributed by atoms with Gasteiger partial charge in [0.2, 0.25) is 0 Å². The number of rotatable bonds is 5. The molecule has 182 valence electrons. The summed E-state index contributed by atoms with van der Waals surface area (Å²) in [5, 5.41) is 12.1. The number of ether oxygens (including phenoxy) is 1. The molecule has 0 radical (unpaired) electrons. The summed E-state index contributed by atoms with van der Waals surface area (Å²) in [6.45, 7) is 2.48. The average molecular weight is 478 g/mol. The number of esters is 1. The van der Waals surface area contributed by atoms with Gasteiger partial charge in [-0.05, 0) is 74.2 Å². The second kappa shape index (κ2) is 7.96. The normalized spacial score (nSPS) is 19.9. The maximum Gasteiger partial charge on any atom is 0.343 e. The fraction of sp³-hybridized carbons (Fsp3) is 0.444. The van der Waals surface area contributed by atoms with E-state index in [1.54, 1.807) is 17.6 Å². The monoisotopic (exact) mass is 477 g/mol. The minimum Gasteiger partial charge on any atom is -0.458 e. The van der Waals surface area contributed by atoms with Gasteiger partial charge in [0.05, 0.1) is 29.0 Å². The first-order chi connectivity index (χ1) is 16.9. The molecule has 2 aromatic heterocycles. The fourth-order valence-electron chi connectivity index (χ4n) is 6.14. The lowest BCUT2D eigenvalue weighted by Gasteiger charge is -2.31. The SMILES string of the molecule is CC[C@@]1(O)C(=O)OCc2c1cc1n(c2=O)Cc2c-1nc1cc(F)c(CCCCN)c3c1c2CCC3. The van der Waals surface area contributed by atoms with Crippen molar-refractivity contribution in [1.29, 1.82) is 0 Å². The molecular weight excluding hydrogens is 449 g/mol. The van der Waals surface area contributed by atoms with Crippen LogP contribution in [0.25, 0.3) is 22.3 Å². The molecule has 0 fully saturated rings. The molecule has 3 aliphatic rings. The van der Waals surface area contributed by atoms with E-state index in [1.165, 1.54) is 6.07 Å². The van der Waals surface area contributed by atoms with Gasteiger partial charge in [-0.25, -0.2) is 14.2 Å². The zero-order valence-corrected chi connectivity index (χ0v) is 19.7. The second-order valence-corrected chi connectivity index (χ2v) is 9.83. The number of aromatic nitrogens is 2. The molecule has 1 aromatic carbocycles. The largest absolute Gasteiger partial charge is 0.458 e. The molecule has 4 heterocycles. The van der Waals surface area contributed by atoms with Crippen LogP contribution in [0.2, 0.25) is 0 Å². The number of fused-ring (bicyclic) bond motifs is 5. The van der Waals surface area contributed by atoms with E-state index in [-0.39, 0.29) is 30.0 Å². The number of cyclic esters (lactones) is 1. The smallest absolute Gasteiger partial charge is 0.343 e. The summed E-state index contributed by atoms with van der Waals surface area (Å²) in [5.74, 6) is -0.987. The van der Waals surface area contributed by atoms with E-state index in [4.69, 9.17) is 15.5 Å². The van der Waals surface area contributed by atoms with E-state index in [0.29, 0.717) is 42.0 Å². The van der Waals surface area contributed by atoms with Gasteiger partial charge >= 0.3 is 5.97 Å². The van der Waals surface area contributed by atoms with Crippen molar-refractivity contribution >= 4 is 16.9 Å².